The van der Waals surface area contributed by atoms with Crippen molar-refractivity contribution in [3.8, 4) is 0 Å². The molecule has 25 heavy (non-hydrogen) atoms. The fourth-order valence-corrected chi connectivity index (χ4v) is 3.36. The van der Waals surface area contributed by atoms with Gasteiger partial charge in [-0.2, -0.15) is 4.98 Å². The number of amides is 1. The summed E-state index contributed by atoms with van der Waals surface area (Å²) in [6, 6.07) is 10.7. The van der Waals surface area contributed by atoms with Crippen molar-refractivity contribution in [3.05, 3.63) is 47.6 Å². The van der Waals surface area contributed by atoms with Gasteiger partial charge in [0, 0.05) is 45.1 Å². The average molecular weight is 342 g/mol. The van der Waals surface area contributed by atoms with Gasteiger partial charge in [0.05, 0.1) is 0 Å². The second kappa shape index (κ2) is 8.25. The molecule has 2 aromatic rings. The summed E-state index contributed by atoms with van der Waals surface area (Å²) >= 11 is 0. The van der Waals surface area contributed by atoms with Gasteiger partial charge in [0.1, 0.15) is 0 Å². The predicted octanol–water partition coefficient (Wildman–Crippen LogP) is 2.43. The number of carbonyl (C=O) groups excluding carboxylic acids is 1. The molecule has 0 radical (unpaired) electrons. The molecular formula is C19H26N4O2. The van der Waals surface area contributed by atoms with Crippen molar-refractivity contribution in [1.82, 2.24) is 19.9 Å². The summed E-state index contributed by atoms with van der Waals surface area (Å²) in [6.07, 6.45) is 1.94. The molecule has 0 unspecified atom stereocenters. The highest BCUT2D eigenvalue weighted by Gasteiger charge is 2.27. The van der Waals surface area contributed by atoms with E-state index in [1.165, 1.54) is 5.56 Å². The molecule has 2 heterocycles. The molecule has 1 fully saturated rings. The van der Waals surface area contributed by atoms with E-state index in [-0.39, 0.29) is 11.9 Å². The Morgan fingerprint density at radius 2 is 2.08 bits per heavy atom. The van der Waals surface area contributed by atoms with Crippen LogP contribution in [-0.4, -0.2) is 51.5 Å². The van der Waals surface area contributed by atoms with E-state index in [1.807, 2.05) is 11.0 Å². The van der Waals surface area contributed by atoms with Crippen LogP contribution in [0, 0.1) is 6.92 Å². The summed E-state index contributed by atoms with van der Waals surface area (Å²) in [6.45, 7) is 7.53. The molecule has 0 aliphatic carbocycles. The molecule has 1 aliphatic heterocycles. The van der Waals surface area contributed by atoms with Gasteiger partial charge in [0.25, 0.3) is 0 Å². The van der Waals surface area contributed by atoms with E-state index in [0.29, 0.717) is 24.6 Å². The number of carbonyl (C=O) groups is 1. The van der Waals surface area contributed by atoms with Gasteiger partial charge in [-0.3, -0.25) is 9.69 Å². The molecule has 3 rings (SSSR count). The number of aromatic nitrogens is 2. The van der Waals surface area contributed by atoms with Crippen molar-refractivity contribution in [3.63, 3.8) is 0 Å². The van der Waals surface area contributed by atoms with E-state index in [0.717, 1.165) is 32.6 Å². The summed E-state index contributed by atoms with van der Waals surface area (Å²) in [7, 11) is 0. The molecule has 1 saturated heterocycles. The zero-order chi connectivity index (χ0) is 17.6. The van der Waals surface area contributed by atoms with Gasteiger partial charge in [-0.05, 0) is 25.8 Å². The van der Waals surface area contributed by atoms with Crippen molar-refractivity contribution in [2.45, 2.75) is 45.7 Å². The van der Waals surface area contributed by atoms with Crippen LogP contribution < -0.4 is 0 Å². The zero-order valence-corrected chi connectivity index (χ0v) is 15.0. The third kappa shape index (κ3) is 4.89. The smallest absolute Gasteiger partial charge is 0.226 e. The van der Waals surface area contributed by atoms with Crippen LogP contribution in [0.5, 0.6) is 0 Å². The molecule has 0 saturated carbocycles. The lowest BCUT2D eigenvalue weighted by atomic mass is 10.1. The third-order valence-electron chi connectivity index (χ3n) is 4.63. The second-order valence-corrected chi connectivity index (χ2v) is 6.75. The minimum absolute atomic E-state index is 0.225. The summed E-state index contributed by atoms with van der Waals surface area (Å²) in [5.41, 5.74) is 1.32. The topological polar surface area (TPSA) is 62.5 Å². The normalized spacial score (nSPS) is 18.5. The molecule has 1 atom stereocenters. The van der Waals surface area contributed by atoms with Crippen molar-refractivity contribution in [2.75, 3.05) is 19.6 Å². The monoisotopic (exact) mass is 342 g/mol. The lowest BCUT2D eigenvalue weighted by Gasteiger charge is -2.40. The van der Waals surface area contributed by atoms with Crippen LogP contribution in [0.2, 0.25) is 0 Å². The van der Waals surface area contributed by atoms with E-state index in [1.54, 1.807) is 6.92 Å². The minimum Gasteiger partial charge on any atom is -0.339 e. The van der Waals surface area contributed by atoms with E-state index in [4.69, 9.17) is 4.52 Å². The van der Waals surface area contributed by atoms with Gasteiger partial charge in [-0.1, -0.05) is 35.5 Å². The fraction of sp³-hybridized carbons (Fsp3) is 0.526. The Morgan fingerprint density at radius 3 is 2.76 bits per heavy atom. The lowest BCUT2D eigenvalue weighted by Crippen LogP contribution is -2.53. The average Bonchev–Trinajstić information content (AvgIpc) is 3.01. The Balaban J connectivity index is 1.43. The highest BCUT2D eigenvalue weighted by atomic mass is 16.5. The fourth-order valence-electron chi connectivity index (χ4n) is 3.36. The maximum Gasteiger partial charge on any atom is 0.226 e. The summed E-state index contributed by atoms with van der Waals surface area (Å²) in [5, 5.41) is 3.77. The minimum atomic E-state index is 0.225. The molecule has 134 valence electrons. The summed E-state index contributed by atoms with van der Waals surface area (Å²) in [5.74, 6) is 1.48. The predicted molar refractivity (Wildman–Crippen MR) is 94.9 cm³/mol. The summed E-state index contributed by atoms with van der Waals surface area (Å²) < 4.78 is 5.09. The standard InChI is InChI=1S/C19H26N4O2/c1-15-13-22(14-17-7-4-3-5-8-17)11-12-23(15)19(24)10-6-9-18-20-16(2)21-25-18/h3-5,7-8,15H,6,9-14H2,1-2H3/t15-/m0/s1. The maximum absolute atomic E-state index is 12.5. The SMILES string of the molecule is Cc1noc(CCCC(=O)N2CCN(Cc3ccccc3)C[C@@H]2C)n1. The van der Waals surface area contributed by atoms with Crippen molar-refractivity contribution in [2.24, 2.45) is 0 Å². The molecule has 1 aliphatic rings. The van der Waals surface area contributed by atoms with E-state index in [2.05, 4.69) is 46.2 Å². The quantitative estimate of drug-likeness (QED) is 0.807. The second-order valence-electron chi connectivity index (χ2n) is 6.75. The number of aryl methyl sites for hydroxylation is 2. The van der Waals surface area contributed by atoms with Crippen LogP contribution in [0.15, 0.2) is 34.9 Å². The first-order valence-corrected chi connectivity index (χ1v) is 8.97. The molecule has 1 amide bonds. The molecule has 6 nitrogen and oxygen atoms in total. The van der Waals surface area contributed by atoms with Gasteiger partial charge in [0.2, 0.25) is 11.8 Å². The summed E-state index contributed by atoms with van der Waals surface area (Å²) in [4.78, 5) is 21.1. The first-order chi connectivity index (χ1) is 12.1. The van der Waals surface area contributed by atoms with Gasteiger partial charge < -0.3 is 9.42 Å². The largest absolute Gasteiger partial charge is 0.339 e. The Labute approximate surface area is 148 Å². The Bertz CT molecular complexity index is 686. The van der Waals surface area contributed by atoms with Crippen molar-refractivity contribution < 1.29 is 9.32 Å². The Kier molecular flexibility index (Phi) is 5.81. The molecular weight excluding hydrogens is 316 g/mol. The van der Waals surface area contributed by atoms with Gasteiger partial charge in [-0.25, -0.2) is 0 Å². The van der Waals surface area contributed by atoms with Gasteiger partial charge in [-0.15, -0.1) is 0 Å². The third-order valence-corrected chi connectivity index (χ3v) is 4.63. The number of hydrogen-bond acceptors (Lipinski definition) is 5. The molecule has 1 aromatic carbocycles. The van der Waals surface area contributed by atoms with Crippen molar-refractivity contribution >= 4 is 5.91 Å². The molecule has 1 aromatic heterocycles. The first kappa shape index (κ1) is 17.6. The first-order valence-electron chi connectivity index (χ1n) is 8.97. The maximum atomic E-state index is 12.5. The highest BCUT2D eigenvalue weighted by Crippen LogP contribution is 2.15. The number of hydrogen-bond donors (Lipinski definition) is 0. The number of rotatable bonds is 6. The highest BCUT2D eigenvalue weighted by molar-refractivity contribution is 5.76. The van der Waals surface area contributed by atoms with Crippen LogP contribution in [0.1, 0.15) is 37.0 Å². The molecule has 0 spiro atoms. The Morgan fingerprint density at radius 1 is 1.28 bits per heavy atom. The number of nitrogens with zero attached hydrogens (tertiary/aromatic N) is 4. The van der Waals surface area contributed by atoms with Crippen LogP contribution in [0.4, 0.5) is 0 Å². The van der Waals surface area contributed by atoms with E-state index >= 15 is 0 Å². The van der Waals surface area contributed by atoms with Gasteiger partial charge in [0.15, 0.2) is 5.82 Å². The van der Waals surface area contributed by atoms with Crippen LogP contribution >= 0.6 is 0 Å². The molecule has 6 heteroatoms. The molecule has 0 N–H and O–H groups in total. The van der Waals surface area contributed by atoms with Crippen LogP contribution in [-0.2, 0) is 17.8 Å². The van der Waals surface area contributed by atoms with Crippen LogP contribution in [0.3, 0.4) is 0 Å². The van der Waals surface area contributed by atoms with Crippen LogP contribution in [0.25, 0.3) is 0 Å². The zero-order valence-electron chi connectivity index (χ0n) is 15.0. The van der Waals surface area contributed by atoms with Crippen molar-refractivity contribution in [1.29, 1.82) is 0 Å². The Hall–Kier alpha value is -2.21. The number of benzene rings is 1. The molecule has 0 bridgehead atoms. The van der Waals surface area contributed by atoms with E-state index in [9.17, 15) is 4.79 Å². The number of piperazine rings is 1. The van der Waals surface area contributed by atoms with E-state index < -0.39 is 0 Å². The van der Waals surface area contributed by atoms with Gasteiger partial charge >= 0.3 is 0 Å². The lowest BCUT2D eigenvalue weighted by molar-refractivity contribution is -0.135.